The van der Waals surface area contributed by atoms with Gasteiger partial charge in [-0.1, -0.05) is 238 Å². The van der Waals surface area contributed by atoms with Crippen LogP contribution in [0.3, 0.4) is 0 Å². The van der Waals surface area contributed by atoms with Gasteiger partial charge >= 0.3 is 19.8 Å². The standard InChI is InChI=1S/C49H95O8P/c1-3-5-7-9-11-13-15-17-19-21-22-23-24-25-26-28-30-32-34-36-38-40-42-44-49(51)57-47(46-56-58(52,53)54)45-55-48(50)43-41-39-37-35-33-31-29-27-20-18-16-14-12-10-8-6-4-2/h36,38,47H,3-35,37,39-46H2,1-2H3,(H2,52,53,54)/b38-36+/t47-/m1/s1. The molecule has 0 aliphatic carbocycles. The number of esters is 2. The Hall–Kier alpha value is -1.21. The highest BCUT2D eigenvalue weighted by atomic mass is 31.2. The summed E-state index contributed by atoms with van der Waals surface area (Å²) in [4.78, 5) is 43.0. The molecule has 0 fully saturated rings. The van der Waals surface area contributed by atoms with Crippen molar-refractivity contribution in [1.29, 1.82) is 0 Å². The van der Waals surface area contributed by atoms with Gasteiger partial charge in [-0.3, -0.25) is 14.1 Å². The molecule has 0 unspecified atom stereocenters. The first kappa shape index (κ1) is 56.8. The lowest BCUT2D eigenvalue weighted by Gasteiger charge is -2.18. The summed E-state index contributed by atoms with van der Waals surface area (Å²) in [5, 5.41) is 0. The van der Waals surface area contributed by atoms with Gasteiger partial charge < -0.3 is 19.3 Å². The number of hydrogen-bond acceptors (Lipinski definition) is 6. The first-order chi connectivity index (χ1) is 28.3. The average molecular weight is 843 g/mol. The van der Waals surface area contributed by atoms with E-state index in [-0.39, 0.29) is 19.4 Å². The van der Waals surface area contributed by atoms with Crippen molar-refractivity contribution in [2.75, 3.05) is 13.2 Å². The Kier molecular flexibility index (Phi) is 44.4. The smallest absolute Gasteiger partial charge is 0.462 e. The van der Waals surface area contributed by atoms with E-state index in [0.717, 1.165) is 32.1 Å². The van der Waals surface area contributed by atoms with Crippen LogP contribution < -0.4 is 0 Å². The zero-order valence-electron chi connectivity index (χ0n) is 38.2. The minimum atomic E-state index is -4.76. The number of hydrogen-bond donors (Lipinski definition) is 2. The summed E-state index contributed by atoms with van der Waals surface area (Å²) < 4.78 is 26.5. The fourth-order valence-electron chi connectivity index (χ4n) is 7.56. The number of rotatable bonds is 47. The van der Waals surface area contributed by atoms with E-state index in [1.807, 2.05) is 0 Å². The van der Waals surface area contributed by atoms with Gasteiger partial charge in [0.1, 0.15) is 6.61 Å². The van der Waals surface area contributed by atoms with Gasteiger partial charge in [0.05, 0.1) is 6.61 Å². The molecule has 1 atom stereocenters. The molecule has 0 bridgehead atoms. The highest BCUT2D eigenvalue weighted by molar-refractivity contribution is 7.46. The summed E-state index contributed by atoms with van der Waals surface area (Å²) in [6.07, 6.45) is 52.4. The number of carbonyl (C=O) groups excluding carboxylic acids is 2. The second-order valence-electron chi connectivity index (χ2n) is 17.2. The maximum atomic E-state index is 12.4. The molecule has 0 amide bonds. The van der Waals surface area contributed by atoms with Gasteiger partial charge in [-0.05, 0) is 32.1 Å². The Labute approximate surface area is 358 Å². The molecule has 9 heteroatoms. The first-order valence-electron chi connectivity index (χ1n) is 25.0. The maximum Gasteiger partial charge on any atom is 0.469 e. The Bertz CT molecular complexity index is 951. The molecule has 8 nitrogen and oxygen atoms in total. The van der Waals surface area contributed by atoms with Crippen LogP contribution in [0.5, 0.6) is 0 Å². The molecule has 0 aliphatic heterocycles. The molecule has 0 aromatic carbocycles. The zero-order chi connectivity index (χ0) is 42.5. The van der Waals surface area contributed by atoms with E-state index in [1.54, 1.807) is 0 Å². The molecule has 0 aliphatic rings. The fraction of sp³-hybridized carbons (Fsp3) is 0.918. The molecule has 0 aromatic heterocycles. The summed E-state index contributed by atoms with van der Waals surface area (Å²) in [5.41, 5.74) is 0. The number of phosphoric ester groups is 1. The van der Waals surface area contributed by atoms with E-state index in [2.05, 4.69) is 30.5 Å². The molecule has 0 saturated heterocycles. The number of phosphoric acid groups is 1. The van der Waals surface area contributed by atoms with Crippen molar-refractivity contribution < 1.29 is 37.9 Å². The van der Waals surface area contributed by atoms with Crippen LogP contribution in [0, 0.1) is 0 Å². The van der Waals surface area contributed by atoms with Crippen molar-refractivity contribution in [3.05, 3.63) is 12.2 Å². The molecular formula is C49H95O8P. The van der Waals surface area contributed by atoms with Crippen molar-refractivity contribution in [3.63, 3.8) is 0 Å². The van der Waals surface area contributed by atoms with E-state index >= 15 is 0 Å². The average Bonchev–Trinajstić information content (AvgIpc) is 3.20. The normalized spacial score (nSPS) is 12.4. The van der Waals surface area contributed by atoms with Crippen LogP contribution in [0.1, 0.15) is 271 Å². The Morgan fingerprint density at radius 3 is 1.10 bits per heavy atom. The molecule has 2 N–H and O–H groups in total. The molecule has 344 valence electrons. The van der Waals surface area contributed by atoms with Crippen molar-refractivity contribution in [3.8, 4) is 0 Å². The number of allylic oxidation sites excluding steroid dienone is 2. The predicted octanol–water partition coefficient (Wildman–Crippen LogP) is 15.8. The van der Waals surface area contributed by atoms with Crippen LogP contribution in [0.15, 0.2) is 12.2 Å². The number of ether oxygens (including phenoxy) is 2. The largest absolute Gasteiger partial charge is 0.469 e. The molecule has 0 saturated carbocycles. The van der Waals surface area contributed by atoms with E-state index in [9.17, 15) is 14.2 Å². The van der Waals surface area contributed by atoms with Gasteiger partial charge in [-0.15, -0.1) is 0 Å². The fourth-order valence-corrected chi connectivity index (χ4v) is 7.92. The molecule has 58 heavy (non-hydrogen) atoms. The monoisotopic (exact) mass is 843 g/mol. The van der Waals surface area contributed by atoms with Gasteiger partial charge in [-0.2, -0.15) is 0 Å². The Morgan fingerprint density at radius 2 is 0.741 bits per heavy atom. The second kappa shape index (κ2) is 45.3. The molecule has 0 heterocycles. The highest BCUT2D eigenvalue weighted by Crippen LogP contribution is 2.36. The SMILES string of the molecule is CCCCCCCCCCCCCCCCCCCC/C=C/CCCC(=O)O[C@H](COC(=O)CCCCCCCCCCCCCCCCCCC)COP(=O)(O)O. The third-order valence-electron chi connectivity index (χ3n) is 11.3. The van der Waals surface area contributed by atoms with E-state index in [4.69, 9.17) is 19.3 Å². The zero-order valence-corrected chi connectivity index (χ0v) is 39.1. The van der Waals surface area contributed by atoms with Gasteiger partial charge in [0, 0.05) is 12.8 Å². The second-order valence-corrected chi connectivity index (χ2v) is 18.4. The lowest BCUT2D eigenvalue weighted by molar-refractivity contribution is -0.161. The van der Waals surface area contributed by atoms with Crippen molar-refractivity contribution in [1.82, 2.24) is 0 Å². The third kappa shape index (κ3) is 47.5. The minimum absolute atomic E-state index is 0.170. The van der Waals surface area contributed by atoms with Crippen LogP contribution in [0.25, 0.3) is 0 Å². The summed E-state index contributed by atoms with van der Waals surface area (Å²) >= 11 is 0. The maximum absolute atomic E-state index is 12.4. The summed E-state index contributed by atoms with van der Waals surface area (Å²) in [6, 6.07) is 0. The molecule has 0 aromatic rings. The van der Waals surface area contributed by atoms with E-state index in [0.29, 0.717) is 6.42 Å². The van der Waals surface area contributed by atoms with Crippen molar-refractivity contribution >= 4 is 19.8 Å². The number of carbonyl (C=O) groups is 2. The van der Waals surface area contributed by atoms with Gasteiger partial charge in [0.2, 0.25) is 0 Å². The lowest BCUT2D eigenvalue weighted by atomic mass is 10.0. The summed E-state index contributed by atoms with van der Waals surface area (Å²) in [5.74, 6) is -0.904. The van der Waals surface area contributed by atoms with Gasteiger partial charge in [-0.25, -0.2) is 4.57 Å². The van der Waals surface area contributed by atoms with Crippen molar-refractivity contribution in [2.45, 2.75) is 277 Å². The third-order valence-corrected chi connectivity index (χ3v) is 11.8. The predicted molar refractivity (Wildman–Crippen MR) is 244 cm³/mol. The Balaban J connectivity index is 3.81. The van der Waals surface area contributed by atoms with Crippen LogP contribution in [0.4, 0.5) is 0 Å². The lowest BCUT2D eigenvalue weighted by Crippen LogP contribution is -2.29. The molecular weight excluding hydrogens is 748 g/mol. The minimum Gasteiger partial charge on any atom is -0.462 e. The summed E-state index contributed by atoms with van der Waals surface area (Å²) in [7, 11) is -4.76. The first-order valence-corrected chi connectivity index (χ1v) is 26.5. The van der Waals surface area contributed by atoms with Crippen LogP contribution in [-0.2, 0) is 28.2 Å². The van der Waals surface area contributed by atoms with Gasteiger partial charge in [0.25, 0.3) is 0 Å². The van der Waals surface area contributed by atoms with Crippen LogP contribution in [0.2, 0.25) is 0 Å². The number of unbranched alkanes of at least 4 members (excludes halogenated alkanes) is 35. The van der Waals surface area contributed by atoms with Crippen molar-refractivity contribution in [2.24, 2.45) is 0 Å². The van der Waals surface area contributed by atoms with E-state index in [1.165, 1.54) is 205 Å². The van der Waals surface area contributed by atoms with Crippen LogP contribution in [-0.4, -0.2) is 41.0 Å². The molecule has 0 spiro atoms. The van der Waals surface area contributed by atoms with Crippen LogP contribution >= 0.6 is 7.82 Å². The molecule has 0 radical (unpaired) electrons. The highest BCUT2D eigenvalue weighted by Gasteiger charge is 2.22. The summed E-state index contributed by atoms with van der Waals surface area (Å²) in [6.45, 7) is 3.72. The topological polar surface area (TPSA) is 119 Å². The Morgan fingerprint density at radius 1 is 0.431 bits per heavy atom. The quantitative estimate of drug-likeness (QED) is 0.0269. The van der Waals surface area contributed by atoms with E-state index < -0.39 is 32.5 Å². The molecule has 0 rings (SSSR count). The van der Waals surface area contributed by atoms with Gasteiger partial charge in [0.15, 0.2) is 6.10 Å².